The third-order valence-electron chi connectivity index (χ3n) is 3.63. The molecule has 0 fully saturated rings. The van der Waals surface area contributed by atoms with Crippen LogP contribution in [0.1, 0.15) is 58.6 Å². The highest BCUT2D eigenvalue weighted by atomic mass is 16.5. The van der Waals surface area contributed by atoms with E-state index in [2.05, 4.69) is 26.0 Å². The Bertz CT molecular complexity index is 470. The summed E-state index contributed by atoms with van der Waals surface area (Å²) in [4.78, 5) is 14.2. The molecule has 0 aromatic heterocycles. The predicted molar refractivity (Wildman–Crippen MR) is 87.9 cm³/mol. The number of nitrogens with zero attached hydrogens (tertiary/aromatic N) is 1. The first-order chi connectivity index (χ1) is 9.73. The number of benzene rings is 1. The van der Waals surface area contributed by atoms with Crippen molar-refractivity contribution in [2.75, 3.05) is 6.61 Å². The maximum atomic E-state index is 12.3. The third kappa shape index (κ3) is 4.76. The lowest BCUT2D eigenvalue weighted by molar-refractivity contribution is -0.136. The lowest BCUT2D eigenvalue weighted by atomic mass is 10.0. The molecule has 0 N–H and O–H groups in total. The van der Waals surface area contributed by atoms with Crippen LogP contribution in [-0.4, -0.2) is 29.5 Å². The van der Waals surface area contributed by atoms with Gasteiger partial charge in [-0.15, -0.1) is 0 Å². The molecule has 3 heteroatoms. The first-order valence-electron chi connectivity index (χ1n) is 7.78. The fourth-order valence-corrected chi connectivity index (χ4v) is 2.52. The number of carbonyl (C=O) groups is 1. The van der Waals surface area contributed by atoms with Gasteiger partial charge in [0.05, 0.1) is 0 Å². The monoisotopic (exact) mass is 291 g/mol. The topological polar surface area (TPSA) is 29.5 Å². The summed E-state index contributed by atoms with van der Waals surface area (Å²) in [6, 6.07) is 6.58. The molecule has 0 saturated carbocycles. The molecule has 1 rings (SSSR count). The van der Waals surface area contributed by atoms with Crippen LogP contribution in [0.5, 0.6) is 5.75 Å². The standard InChI is InChI=1S/C18H29NO2/c1-12(2)16-9-8-15(7)17(10-16)21-11-18(20)19(13(3)4)14(5)6/h8-10,12-14H,11H2,1-7H3. The SMILES string of the molecule is Cc1ccc(C(C)C)cc1OCC(=O)N(C(C)C)C(C)C. The summed E-state index contributed by atoms with van der Waals surface area (Å²) in [6.07, 6.45) is 0. The molecular formula is C18H29NO2. The number of amides is 1. The molecule has 0 bridgehead atoms. The van der Waals surface area contributed by atoms with Gasteiger partial charge in [-0.2, -0.15) is 0 Å². The van der Waals surface area contributed by atoms with Crippen LogP contribution in [-0.2, 0) is 4.79 Å². The zero-order chi connectivity index (χ0) is 16.2. The summed E-state index contributed by atoms with van der Waals surface area (Å²) >= 11 is 0. The van der Waals surface area contributed by atoms with E-state index in [9.17, 15) is 4.79 Å². The van der Waals surface area contributed by atoms with Gasteiger partial charge in [-0.3, -0.25) is 4.79 Å². The average Bonchev–Trinajstić information content (AvgIpc) is 2.36. The van der Waals surface area contributed by atoms with E-state index >= 15 is 0 Å². The molecule has 1 amide bonds. The van der Waals surface area contributed by atoms with Gasteiger partial charge in [0.15, 0.2) is 6.61 Å². The maximum absolute atomic E-state index is 12.3. The van der Waals surface area contributed by atoms with E-state index in [0.717, 1.165) is 11.3 Å². The van der Waals surface area contributed by atoms with Crippen molar-refractivity contribution < 1.29 is 9.53 Å². The van der Waals surface area contributed by atoms with Crippen LogP contribution >= 0.6 is 0 Å². The van der Waals surface area contributed by atoms with Crippen molar-refractivity contribution in [3.8, 4) is 5.75 Å². The second-order valence-corrected chi connectivity index (χ2v) is 6.46. The molecule has 0 aliphatic heterocycles. The highest BCUT2D eigenvalue weighted by Crippen LogP contribution is 2.24. The van der Waals surface area contributed by atoms with Crippen molar-refractivity contribution >= 4 is 5.91 Å². The van der Waals surface area contributed by atoms with E-state index in [1.807, 2.05) is 45.6 Å². The first kappa shape index (κ1) is 17.5. The Hall–Kier alpha value is -1.51. The molecule has 0 aliphatic rings. The van der Waals surface area contributed by atoms with Gasteiger partial charge in [0.2, 0.25) is 0 Å². The van der Waals surface area contributed by atoms with Crippen molar-refractivity contribution in [1.82, 2.24) is 4.90 Å². The van der Waals surface area contributed by atoms with Gasteiger partial charge in [-0.25, -0.2) is 0 Å². The Balaban J connectivity index is 2.79. The summed E-state index contributed by atoms with van der Waals surface area (Å²) in [7, 11) is 0. The van der Waals surface area contributed by atoms with Crippen LogP contribution in [0.15, 0.2) is 18.2 Å². The van der Waals surface area contributed by atoms with Crippen LogP contribution in [0.4, 0.5) is 0 Å². The van der Waals surface area contributed by atoms with Crippen molar-refractivity contribution in [1.29, 1.82) is 0 Å². The lowest BCUT2D eigenvalue weighted by Gasteiger charge is -2.30. The van der Waals surface area contributed by atoms with Gasteiger partial charge in [-0.05, 0) is 57.7 Å². The van der Waals surface area contributed by atoms with Crippen LogP contribution in [0, 0.1) is 6.92 Å². The number of aryl methyl sites for hydroxylation is 1. The molecule has 0 heterocycles. The summed E-state index contributed by atoms with van der Waals surface area (Å²) in [5.74, 6) is 1.29. The highest BCUT2D eigenvalue weighted by Gasteiger charge is 2.20. The van der Waals surface area contributed by atoms with Crippen molar-refractivity contribution in [3.63, 3.8) is 0 Å². The van der Waals surface area contributed by atoms with E-state index in [1.165, 1.54) is 5.56 Å². The normalized spacial score (nSPS) is 11.3. The number of hydrogen-bond donors (Lipinski definition) is 0. The van der Waals surface area contributed by atoms with Crippen LogP contribution in [0.2, 0.25) is 0 Å². The smallest absolute Gasteiger partial charge is 0.260 e. The van der Waals surface area contributed by atoms with Crippen molar-refractivity contribution in [3.05, 3.63) is 29.3 Å². The average molecular weight is 291 g/mol. The van der Waals surface area contributed by atoms with E-state index < -0.39 is 0 Å². The Kier molecular flexibility index (Phi) is 6.25. The molecule has 3 nitrogen and oxygen atoms in total. The minimum Gasteiger partial charge on any atom is -0.483 e. The number of ether oxygens (including phenoxy) is 1. The van der Waals surface area contributed by atoms with Gasteiger partial charge < -0.3 is 9.64 Å². The largest absolute Gasteiger partial charge is 0.483 e. The van der Waals surface area contributed by atoms with E-state index in [-0.39, 0.29) is 24.6 Å². The molecule has 21 heavy (non-hydrogen) atoms. The van der Waals surface area contributed by atoms with Crippen LogP contribution in [0.25, 0.3) is 0 Å². The Morgan fingerprint density at radius 1 is 1.10 bits per heavy atom. The zero-order valence-electron chi connectivity index (χ0n) is 14.4. The second-order valence-electron chi connectivity index (χ2n) is 6.46. The maximum Gasteiger partial charge on any atom is 0.260 e. The van der Waals surface area contributed by atoms with E-state index in [1.54, 1.807) is 0 Å². The summed E-state index contributed by atoms with van der Waals surface area (Å²) < 4.78 is 5.78. The molecule has 0 saturated heterocycles. The molecule has 0 spiro atoms. The van der Waals surface area contributed by atoms with Crippen LogP contribution in [0.3, 0.4) is 0 Å². The van der Waals surface area contributed by atoms with Gasteiger partial charge in [0.1, 0.15) is 5.75 Å². The van der Waals surface area contributed by atoms with Crippen LogP contribution < -0.4 is 4.74 Å². The number of carbonyl (C=O) groups excluding carboxylic acids is 1. The molecular weight excluding hydrogens is 262 g/mol. The molecule has 1 aromatic rings. The highest BCUT2D eigenvalue weighted by molar-refractivity contribution is 5.78. The van der Waals surface area contributed by atoms with Gasteiger partial charge in [0.25, 0.3) is 5.91 Å². The van der Waals surface area contributed by atoms with E-state index in [0.29, 0.717) is 5.92 Å². The van der Waals surface area contributed by atoms with Gasteiger partial charge in [-0.1, -0.05) is 26.0 Å². The number of hydrogen-bond acceptors (Lipinski definition) is 2. The number of rotatable bonds is 6. The predicted octanol–water partition coefficient (Wildman–Crippen LogP) is 4.14. The third-order valence-corrected chi connectivity index (χ3v) is 3.63. The van der Waals surface area contributed by atoms with Crippen molar-refractivity contribution in [2.24, 2.45) is 0 Å². The fourth-order valence-electron chi connectivity index (χ4n) is 2.52. The minimum absolute atomic E-state index is 0.0364. The first-order valence-corrected chi connectivity index (χ1v) is 7.78. The van der Waals surface area contributed by atoms with E-state index in [4.69, 9.17) is 4.74 Å². The van der Waals surface area contributed by atoms with Gasteiger partial charge in [0, 0.05) is 12.1 Å². The second kappa shape index (κ2) is 7.48. The summed E-state index contributed by atoms with van der Waals surface area (Å²) in [5.41, 5.74) is 2.29. The molecule has 0 atom stereocenters. The molecule has 1 aromatic carbocycles. The zero-order valence-corrected chi connectivity index (χ0v) is 14.4. The Labute approximate surface area is 129 Å². The summed E-state index contributed by atoms with van der Waals surface area (Å²) in [6.45, 7) is 14.5. The molecule has 0 aliphatic carbocycles. The molecule has 0 unspecified atom stereocenters. The molecule has 118 valence electrons. The Morgan fingerprint density at radius 2 is 1.67 bits per heavy atom. The van der Waals surface area contributed by atoms with Gasteiger partial charge >= 0.3 is 0 Å². The minimum atomic E-state index is 0.0364. The lowest BCUT2D eigenvalue weighted by Crippen LogP contribution is -2.44. The molecule has 0 radical (unpaired) electrons. The fraction of sp³-hybridized carbons (Fsp3) is 0.611. The van der Waals surface area contributed by atoms with Crippen molar-refractivity contribution in [2.45, 2.75) is 66.5 Å². The quantitative estimate of drug-likeness (QED) is 0.788. The summed E-state index contributed by atoms with van der Waals surface area (Å²) in [5, 5.41) is 0. The Morgan fingerprint density at radius 3 is 2.14 bits per heavy atom.